The van der Waals surface area contributed by atoms with Gasteiger partial charge in [0.15, 0.2) is 0 Å². The summed E-state index contributed by atoms with van der Waals surface area (Å²) >= 11 is 6.08. The molecule has 116 valence electrons. The third kappa shape index (κ3) is 4.68. The zero-order chi connectivity index (χ0) is 15.8. The minimum absolute atomic E-state index is 0.249. The molecular formula is C15H17ClN4O2. The molecule has 0 bridgehead atoms. The number of nitrogens with one attached hydrogen (secondary N) is 2. The summed E-state index contributed by atoms with van der Waals surface area (Å²) in [6, 6.07) is 8.88. The van der Waals surface area contributed by atoms with E-state index in [2.05, 4.69) is 20.6 Å². The highest BCUT2D eigenvalue weighted by molar-refractivity contribution is 6.33. The van der Waals surface area contributed by atoms with E-state index in [1.54, 1.807) is 19.2 Å². The van der Waals surface area contributed by atoms with Gasteiger partial charge in [0.25, 0.3) is 5.91 Å². The minimum atomic E-state index is -0.249. The van der Waals surface area contributed by atoms with Crippen LogP contribution in [0.3, 0.4) is 0 Å². The Morgan fingerprint density at radius 2 is 2.14 bits per heavy atom. The first-order chi connectivity index (χ1) is 10.7. The lowest BCUT2D eigenvalue weighted by atomic mass is 10.3. The summed E-state index contributed by atoms with van der Waals surface area (Å²) < 4.78 is 4.93. The van der Waals surface area contributed by atoms with E-state index in [4.69, 9.17) is 16.3 Å². The Hall–Kier alpha value is -2.18. The van der Waals surface area contributed by atoms with Gasteiger partial charge in [0.1, 0.15) is 17.8 Å². The van der Waals surface area contributed by atoms with Gasteiger partial charge in [0.05, 0.1) is 10.7 Å². The second kappa shape index (κ2) is 8.31. The average Bonchev–Trinajstić information content (AvgIpc) is 2.54. The number of anilines is 2. The van der Waals surface area contributed by atoms with E-state index in [1.165, 1.54) is 6.33 Å². The molecule has 0 aliphatic carbocycles. The van der Waals surface area contributed by atoms with Crippen molar-refractivity contribution in [2.24, 2.45) is 0 Å². The first kappa shape index (κ1) is 16.2. The summed E-state index contributed by atoms with van der Waals surface area (Å²) in [5.41, 5.74) is 1.01. The second-order valence-electron chi connectivity index (χ2n) is 4.50. The van der Waals surface area contributed by atoms with Crippen LogP contribution < -0.4 is 10.6 Å². The number of methoxy groups -OCH3 is 1. The number of carbonyl (C=O) groups is 1. The number of halogens is 1. The highest BCUT2D eigenvalue weighted by Gasteiger charge is 2.09. The lowest BCUT2D eigenvalue weighted by Gasteiger charge is -2.08. The molecule has 1 heterocycles. The molecule has 0 unspecified atom stereocenters. The molecule has 0 saturated carbocycles. The van der Waals surface area contributed by atoms with Crippen molar-refractivity contribution in [3.63, 3.8) is 0 Å². The number of aromatic nitrogens is 2. The van der Waals surface area contributed by atoms with Gasteiger partial charge in [-0.05, 0) is 18.6 Å². The molecule has 1 amide bonds. The molecule has 0 fully saturated rings. The van der Waals surface area contributed by atoms with E-state index in [9.17, 15) is 4.79 Å². The van der Waals surface area contributed by atoms with Crippen LogP contribution in [0.5, 0.6) is 0 Å². The Morgan fingerprint density at radius 1 is 1.32 bits per heavy atom. The maximum absolute atomic E-state index is 12.0. The number of amides is 1. The zero-order valence-corrected chi connectivity index (χ0v) is 12.9. The fourth-order valence-corrected chi connectivity index (χ4v) is 1.94. The fraction of sp³-hybridized carbons (Fsp3) is 0.267. The van der Waals surface area contributed by atoms with Crippen molar-refractivity contribution < 1.29 is 9.53 Å². The lowest BCUT2D eigenvalue weighted by molar-refractivity contribution is 0.0943. The number of benzene rings is 1. The predicted molar refractivity (Wildman–Crippen MR) is 85.6 cm³/mol. The van der Waals surface area contributed by atoms with Gasteiger partial charge < -0.3 is 15.4 Å². The molecule has 0 saturated heterocycles. The molecule has 2 aromatic rings. The molecule has 0 radical (unpaired) electrons. The van der Waals surface area contributed by atoms with Crippen LogP contribution in [0.4, 0.5) is 11.5 Å². The largest absolute Gasteiger partial charge is 0.385 e. The van der Waals surface area contributed by atoms with Gasteiger partial charge in [-0.3, -0.25) is 4.79 Å². The Morgan fingerprint density at radius 3 is 2.91 bits per heavy atom. The first-order valence-electron chi connectivity index (χ1n) is 6.81. The summed E-state index contributed by atoms with van der Waals surface area (Å²) in [7, 11) is 1.62. The summed E-state index contributed by atoms with van der Waals surface area (Å²) in [6.45, 7) is 1.13. The molecule has 0 aliphatic rings. The molecule has 2 N–H and O–H groups in total. The number of carbonyl (C=O) groups excluding carboxylic acids is 1. The summed E-state index contributed by atoms with van der Waals surface area (Å²) in [6.07, 6.45) is 2.08. The second-order valence-corrected chi connectivity index (χ2v) is 4.90. The smallest absolute Gasteiger partial charge is 0.270 e. The predicted octanol–water partition coefficient (Wildman–Crippen LogP) is 2.64. The van der Waals surface area contributed by atoms with E-state index in [1.807, 2.05) is 18.2 Å². The van der Waals surface area contributed by atoms with Crippen molar-refractivity contribution >= 4 is 29.0 Å². The van der Waals surface area contributed by atoms with Gasteiger partial charge in [-0.25, -0.2) is 9.97 Å². The van der Waals surface area contributed by atoms with Crippen molar-refractivity contribution in [3.8, 4) is 0 Å². The minimum Gasteiger partial charge on any atom is -0.385 e. The van der Waals surface area contributed by atoms with E-state index in [0.717, 1.165) is 6.42 Å². The monoisotopic (exact) mass is 320 g/mol. The quantitative estimate of drug-likeness (QED) is 0.767. The van der Waals surface area contributed by atoms with Gasteiger partial charge in [-0.2, -0.15) is 0 Å². The number of ether oxygens (including phenoxy) is 1. The van der Waals surface area contributed by atoms with Crippen molar-refractivity contribution in [1.82, 2.24) is 15.3 Å². The third-order valence-electron chi connectivity index (χ3n) is 2.85. The maximum Gasteiger partial charge on any atom is 0.270 e. The van der Waals surface area contributed by atoms with Crippen LogP contribution in [0.1, 0.15) is 16.9 Å². The maximum atomic E-state index is 12.0. The summed E-state index contributed by atoms with van der Waals surface area (Å²) in [5, 5.41) is 6.41. The third-order valence-corrected chi connectivity index (χ3v) is 3.18. The van der Waals surface area contributed by atoms with E-state index in [0.29, 0.717) is 35.4 Å². The van der Waals surface area contributed by atoms with Crippen molar-refractivity contribution in [3.05, 3.63) is 47.4 Å². The molecule has 22 heavy (non-hydrogen) atoms. The SMILES string of the molecule is COCCCNC(=O)c1cc(Nc2ccccc2Cl)ncn1. The topological polar surface area (TPSA) is 76.1 Å². The number of rotatable bonds is 7. The Labute approximate surface area is 133 Å². The molecule has 1 aromatic carbocycles. The van der Waals surface area contributed by atoms with Crippen LogP contribution in [0.25, 0.3) is 0 Å². The Balaban J connectivity index is 2.00. The highest BCUT2D eigenvalue weighted by atomic mass is 35.5. The Bertz CT molecular complexity index is 636. The Kier molecular flexibility index (Phi) is 6.12. The van der Waals surface area contributed by atoms with E-state index in [-0.39, 0.29) is 5.91 Å². The van der Waals surface area contributed by atoms with Crippen molar-refractivity contribution in [2.45, 2.75) is 6.42 Å². The van der Waals surface area contributed by atoms with Gasteiger partial charge in [0, 0.05) is 26.3 Å². The van der Waals surface area contributed by atoms with Crippen molar-refractivity contribution in [1.29, 1.82) is 0 Å². The van der Waals surface area contributed by atoms with E-state index >= 15 is 0 Å². The first-order valence-corrected chi connectivity index (χ1v) is 7.19. The number of nitrogens with zero attached hydrogens (tertiary/aromatic N) is 2. The van der Waals surface area contributed by atoms with Gasteiger partial charge in [0.2, 0.25) is 0 Å². The molecule has 0 aliphatic heterocycles. The molecular weight excluding hydrogens is 304 g/mol. The molecule has 7 heteroatoms. The van der Waals surface area contributed by atoms with Crippen LogP contribution in [0.2, 0.25) is 5.02 Å². The number of para-hydroxylation sites is 1. The van der Waals surface area contributed by atoms with Crippen LogP contribution >= 0.6 is 11.6 Å². The van der Waals surface area contributed by atoms with Crippen LogP contribution in [-0.2, 0) is 4.74 Å². The van der Waals surface area contributed by atoms with Crippen LogP contribution in [0.15, 0.2) is 36.7 Å². The molecule has 0 spiro atoms. The number of hydrogen-bond acceptors (Lipinski definition) is 5. The van der Waals surface area contributed by atoms with Crippen molar-refractivity contribution in [2.75, 3.05) is 25.6 Å². The zero-order valence-electron chi connectivity index (χ0n) is 12.2. The van der Waals surface area contributed by atoms with Crippen LogP contribution in [0, 0.1) is 0 Å². The average molecular weight is 321 g/mol. The summed E-state index contributed by atoms with van der Waals surface area (Å²) in [4.78, 5) is 20.0. The van der Waals surface area contributed by atoms with Gasteiger partial charge in [-0.1, -0.05) is 23.7 Å². The standard InChI is InChI=1S/C15H17ClN4O2/c1-22-8-4-7-17-15(21)13-9-14(19-10-18-13)20-12-6-3-2-5-11(12)16/h2-3,5-6,9-10H,4,7-8H2,1H3,(H,17,21)(H,18,19,20). The van der Waals surface area contributed by atoms with Gasteiger partial charge >= 0.3 is 0 Å². The van der Waals surface area contributed by atoms with Crippen LogP contribution in [-0.4, -0.2) is 36.1 Å². The normalized spacial score (nSPS) is 10.3. The lowest BCUT2D eigenvalue weighted by Crippen LogP contribution is -2.26. The highest BCUT2D eigenvalue weighted by Crippen LogP contribution is 2.23. The molecule has 2 rings (SSSR count). The fourth-order valence-electron chi connectivity index (χ4n) is 1.76. The van der Waals surface area contributed by atoms with E-state index < -0.39 is 0 Å². The molecule has 1 aromatic heterocycles. The molecule has 0 atom stereocenters. The number of hydrogen-bond donors (Lipinski definition) is 2. The molecule has 6 nitrogen and oxygen atoms in total. The van der Waals surface area contributed by atoms with Gasteiger partial charge in [-0.15, -0.1) is 0 Å². The summed E-state index contributed by atoms with van der Waals surface area (Å²) in [5.74, 6) is 0.255.